The summed E-state index contributed by atoms with van der Waals surface area (Å²) in [6, 6.07) is 31.7. The molecule has 684 valence electrons. The molecule has 2 aromatic heterocycles. The Morgan fingerprint density at radius 3 is 0.472 bits per heavy atom. The second-order valence-electron chi connectivity index (χ2n) is 26.0. The normalized spacial score (nSPS) is 12.4. The summed E-state index contributed by atoms with van der Waals surface area (Å²) in [5.74, 6) is 17.9. The van der Waals surface area contributed by atoms with Crippen LogP contribution in [0.5, 0.6) is 57.5 Å². The van der Waals surface area contributed by atoms with Gasteiger partial charge in [-0.3, -0.25) is 0 Å². The third kappa shape index (κ3) is 48.7. The van der Waals surface area contributed by atoms with Gasteiger partial charge in [0.25, 0.3) is 0 Å². The average Bonchev–Trinajstić information content (AvgIpc) is 1.04. The second kappa shape index (κ2) is 53.3. The van der Waals surface area contributed by atoms with Crippen molar-refractivity contribution in [1.29, 1.82) is 10.5 Å². The molecule has 10 bridgehead atoms. The third-order valence-corrected chi connectivity index (χ3v) is 16.0. The van der Waals surface area contributed by atoms with E-state index in [9.17, 15) is 50.4 Å². The van der Waals surface area contributed by atoms with Crippen molar-refractivity contribution in [2.75, 3.05) is 203 Å². The molecule has 38 heteroatoms. The van der Waals surface area contributed by atoms with Gasteiger partial charge in [-0.05, 0) is 72.5 Å². The Morgan fingerprint density at radius 2 is 0.366 bits per heavy atom. The van der Waals surface area contributed by atoms with Crippen LogP contribution in [0, 0.1) is 46.3 Å². The number of pyridine rings is 2. The molecular formula is C85H110F12N4O20P2. The molecule has 123 heavy (non-hydrogen) atoms. The van der Waals surface area contributed by atoms with Crippen molar-refractivity contribution < 1.29 is 154 Å². The van der Waals surface area contributed by atoms with Crippen LogP contribution in [0.3, 0.4) is 0 Å². The minimum absolute atomic E-state index is 0.272. The van der Waals surface area contributed by atoms with Crippen LogP contribution in [0.2, 0.25) is 0 Å². The van der Waals surface area contributed by atoms with Crippen LogP contribution in [0.25, 0.3) is 0 Å². The number of ether oxygens (including phenoxy) is 20. The summed E-state index contributed by atoms with van der Waals surface area (Å²) < 4.78 is 244. The monoisotopic (exact) mass is 1800 g/mol. The molecular weight excluding hydrogens is 1690 g/mol. The van der Waals surface area contributed by atoms with Crippen molar-refractivity contribution >= 4 is 15.6 Å². The molecule has 0 amide bonds. The fourth-order valence-corrected chi connectivity index (χ4v) is 10.7. The number of nitriles is 2. The van der Waals surface area contributed by atoms with Crippen LogP contribution in [0.15, 0.2) is 110 Å². The van der Waals surface area contributed by atoms with Gasteiger partial charge in [0.1, 0.15) is 138 Å². The molecule has 0 fully saturated rings. The Morgan fingerprint density at radius 1 is 0.252 bits per heavy atom. The van der Waals surface area contributed by atoms with E-state index in [1.807, 2.05) is 133 Å². The van der Waals surface area contributed by atoms with E-state index in [1.165, 1.54) is 13.8 Å². The van der Waals surface area contributed by atoms with E-state index in [4.69, 9.17) is 105 Å². The minimum atomic E-state index is -10.7. The quantitative estimate of drug-likeness (QED) is 0.0114. The fourth-order valence-electron chi connectivity index (χ4n) is 10.7. The fraction of sp³-hybridized carbons (Fsp3) is 0.459. The van der Waals surface area contributed by atoms with Gasteiger partial charge < -0.3 is 94.7 Å². The standard InChI is InChI=1S/C65H90O20.C16H14N2.2C2H3N.2F6P/c1-66-11-21-76-56-36-47-32-49-39-61(81-26-16-71-6)51(41-60(49)80-25-15-70-5)34-53-43-65(85-30-20-75-10)55(45-64(53)84-29-19-74-9)35-54-44-62(82-27-17-72-7)52(42-63(54)83-28-18-73-8)33-50-40-58(78-23-13-68-3)48(38-59(50)79-24-14-69-4)31-46(56)37-57(47)77-22-12-67-2;1-17-11-7-15(8-12-17)5-3-4-6-16-9-13-18(2)14-10-16;2*1-2-3;2*1-7(2,3,4,5)6/h36-45H,11-35H2,1-10H3;7-14H,1-2H3;2*1H3;;/q;+2;;;2*-1. The van der Waals surface area contributed by atoms with Crippen LogP contribution in [-0.4, -0.2) is 203 Å². The van der Waals surface area contributed by atoms with E-state index < -0.39 is 15.6 Å². The molecule has 0 aliphatic heterocycles. The molecule has 10 aliphatic rings. The van der Waals surface area contributed by atoms with Crippen LogP contribution < -0.4 is 56.5 Å². The Balaban J connectivity index is 0.000000839. The Hall–Kier alpha value is -9.88. The van der Waals surface area contributed by atoms with Crippen LogP contribution >= 0.6 is 15.6 Å². The van der Waals surface area contributed by atoms with E-state index in [0.29, 0.717) is 156 Å². The van der Waals surface area contributed by atoms with Gasteiger partial charge in [0, 0.05) is 208 Å². The van der Waals surface area contributed by atoms with Crippen molar-refractivity contribution in [2.45, 2.75) is 46.0 Å². The van der Waals surface area contributed by atoms with Gasteiger partial charge in [0.15, 0.2) is 24.8 Å². The molecule has 17 rings (SSSR count). The van der Waals surface area contributed by atoms with Crippen molar-refractivity contribution in [3.8, 4) is 93.3 Å². The van der Waals surface area contributed by atoms with Gasteiger partial charge in [0.05, 0.1) is 78.2 Å². The van der Waals surface area contributed by atoms with E-state index in [1.54, 1.807) is 83.2 Å². The van der Waals surface area contributed by atoms with Crippen molar-refractivity contribution in [1.82, 2.24) is 0 Å². The van der Waals surface area contributed by atoms with Crippen molar-refractivity contribution in [3.05, 3.63) is 176 Å². The summed E-state index contributed by atoms with van der Waals surface area (Å²) in [6.07, 6.45) is 9.58. The molecule has 0 radical (unpaired) electrons. The van der Waals surface area contributed by atoms with Crippen molar-refractivity contribution in [3.63, 3.8) is 0 Å². The van der Waals surface area contributed by atoms with Crippen LogP contribution in [0.4, 0.5) is 50.4 Å². The zero-order valence-corrected chi connectivity index (χ0v) is 73.2. The number of methoxy groups -OCH3 is 10. The first-order valence-corrected chi connectivity index (χ1v) is 41.9. The zero-order valence-electron chi connectivity index (χ0n) is 71.5. The first-order valence-electron chi connectivity index (χ1n) is 37.8. The molecule has 0 spiro atoms. The number of nitrogens with zero attached hydrogens (tertiary/aromatic N) is 4. The summed E-state index contributed by atoms with van der Waals surface area (Å²) in [5, 5.41) is 14.6. The maximum absolute atomic E-state index is 10.7. The van der Waals surface area contributed by atoms with Crippen LogP contribution in [-0.2, 0) is 93.6 Å². The third-order valence-electron chi connectivity index (χ3n) is 16.0. The molecule has 7 aromatic rings. The second-order valence-corrected chi connectivity index (χ2v) is 29.8. The van der Waals surface area contributed by atoms with E-state index in [2.05, 4.69) is 23.7 Å². The van der Waals surface area contributed by atoms with Crippen molar-refractivity contribution in [2.24, 2.45) is 14.1 Å². The van der Waals surface area contributed by atoms with E-state index in [0.717, 1.165) is 66.8 Å². The number of aromatic nitrogens is 2. The number of halogens is 12. The number of hydrogen-bond donors (Lipinski definition) is 0. The zero-order chi connectivity index (χ0) is 91.5. The molecule has 2 heterocycles. The van der Waals surface area contributed by atoms with Gasteiger partial charge in [-0.25, -0.2) is 9.13 Å². The van der Waals surface area contributed by atoms with E-state index >= 15 is 0 Å². The molecule has 0 atom stereocenters. The van der Waals surface area contributed by atoms with Gasteiger partial charge in [0.2, 0.25) is 0 Å². The number of rotatable bonds is 40. The summed E-state index contributed by atoms with van der Waals surface area (Å²) in [5.41, 5.74) is 10.2. The molecule has 0 N–H and O–H groups in total. The van der Waals surface area contributed by atoms with Gasteiger partial charge in [-0.15, -0.1) is 0 Å². The van der Waals surface area contributed by atoms with Crippen LogP contribution in [0.1, 0.15) is 80.6 Å². The summed E-state index contributed by atoms with van der Waals surface area (Å²) in [6.45, 7) is 9.05. The first-order chi connectivity index (χ1) is 58.2. The predicted molar refractivity (Wildman–Crippen MR) is 439 cm³/mol. The first kappa shape index (κ1) is 107. The average molecular weight is 1800 g/mol. The Labute approximate surface area is 710 Å². The molecule has 0 saturated heterocycles. The molecule has 24 nitrogen and oxygen atoms in total. The SMILES string of the molecule is CC#N.CC#N.COCCOc1cc2c(OCCOC)cc1Cc1cc(OCCOC)c(cc1OCCOC)Cc1cc(OCCOC)c(cc1OCCOC)Cc1cc(OCCOC)c(cc1OCCOC)Cc1cc(OCCOC)c(cc1OCCOC)C2.C[n+]1ccc(C#CC#Cc2cc[n+](C)cc2)cc1.F[P-](F)(F)(F)(F)F.F[P-](F)(F)(F)(F)F. The number of hydrogen-bond acceptors (Lipinski definition) is 22. The maximum atomic E-state index is 9.87. The predicted octanol–water partition coefficient (Wildman–Crippen LogP) is 16.8. The van der Waals surface area contributed by atoms with E-state index in [-0.39, 0.29) is 66.1 Å². The Bertz CT molecular complexity index is 3820. The summed E-state index contributed by atoms with van der Waals surface area (Å²) in [7, 11) is -0.912. The Kier molecular flexibility index (Phi) is 46.5. The summed E-state index contributed by atoms with van der Waals surface area (Å²) in [4.78, 5) is 0. The van der Waals surface area contributed by atoms with Gasteiger partial charge in [-0.1, -0.05) is 11.8 Å². The van der Waals surface area contributed by atoms with Gasteiger partial charge >= 0.3 is 66.0 Å². The molecule has 5 aromatic carbocycles. The van der Waals surface area contributed by atoms with Gasteiger partial charge in [-0.2, -0.15) is 10.5 Å². The number of aryl methyl sites for hydroxylation is 2. The topological polar surface area (TPSA) is 240 Å². The summed E-state index contributed by atoms with van der Waals surface area (Å²) >= 11 is 0. The molecule has 10 aliphatic carbocycles. The molecule has 0 saturated carbocycles. The number of benzene rings is 5. The molecule has 0 unspecified atom stereocenters.